The molecule has 166 valence electrons. The smallest absolute Gasteiger partial charge is 0.255 e. The second-order valence-corrected chi connectivity index (χ2v) is 8.59. The van der Waals surface area contributed by atoms with Crippen molar-refractivity contribution in [2.75, 3.05) is 10.6 Å². The van der Waals surface area contributed by atoms with Crippen LogP contribution in [0, 0.1) is 5.41 Å². The summed E-state index contributed by atoms with van der Waals surface area (Å²) in [6.45, 7) is 5.53. The maximum atomic E-state index is 12.7. The van der Waals surface area contributed by atoms with E-state index in [1.54, 1.807) is 36.4 Å². The van der Waals surface area contributed by atoms with E-state index in [9.17, 15) is 9.59 Å². The molecule has 1 aromatic heterocycles. The van der Waals surface area contributed by atoms with Crippen molar-refractivity contribution < 1.29 is 14.0 Å². The maximum absolute atomic E-state index is 12.7. The Morgan fingerprint density at radius 3 is 2.03 bits per heavy atom. The number of carbonyl (C=O) groups is 2. The summed E-state index contributed by atoms with van der Waals surface area (Å²) in [4.78, 5) is 24.8. The van der Waals surface area contributed by atoms with Crippen LogP contribution in [0.5, 0.6) is 0 Å². The van der Waals surface area contributed by atoms with Crippen LogP contribution in [-0.4, -0.2) is 22.0 Å². The monoisotopic (exact) mass is 440 g/mol. The molecule has 0 fully saturated rings. The third-order valence-electron chi connectivity index (χ3n) is 4.90. The predicted molar refractivity (Wildman–Crippen MR) is 128 cm³/mol. The molecule has 0 aliphatic heterocycles. The fourth-order valence-corrected chi connectivity index (χ4v) is 2.99. The molecule has 0 saturated carbocycles. The van der Waals surface area contributed by atoms with Gasteiger partial charge in [-0.1, -0.05) is 45.0 Å². The van der Waals surface area contributed by atoms with Crippen LogP contribution >= 0.6 is 0 Å². The molecular weight excluding hydrogens is 416 g/mol. The molecule has 0 bridgehead atoms. The average Bonchev–Trinajstić information content (AvgIpc) is 3.30. The van der Waals surface area contributed by atoms with Gasteiger partial charge in [0.15, 0.2) is 0 Å². The number of amides is 2. The third-order valence-corrected chi connectivity index (χ3v) is 4.90. The zero-order valence-corrected chi connectivity index (χ0v) is 18.6. The Labute approximate surface area is 191 Å². The van der Waals surface area contributed by atoms with Crippen LogP contribution in [-0.2, 0) is 4.79 Å². The van der Waals surface area contributed by atoms with Gasteiger partial charge in [-0.05, 0) is 54.6 Å². The second kappa shape index (κ2) is 9.08. The van der Waals surface area contributed by atoms with Gasteiger partial charge in [0.1, 0.15) is 0 Å². The number of carbonyl (C=O) groups excluding carboxylic acids is 2. The lowest BCUT2D eigenvalue weighted by atomic mass is 9.95. The first kappa shape index (κ1) is 22.0. The Balaban J connectivity index is 1.45. The van der Waals surface area contributed by atoms with Gasteiger partial charge >= 0.3 is 0 Å². The normalized spacial score (nSPS) is 11.1. The van der Waals surface area contributed by atoms with E-state index in [4.69, 9.17) is 4.42 Å². The van der Waals surface area contributed by atoms with E-state index in [0.717, 1.165) is 5.56 Å². The van der Waals surface area contributed by atoms with Crippen LogP contribution in [0.15, 0.2) is 83.3 Å². The summed E-state index contributed by atoms with van der Waals surface area (Å²) < 4.78 is 5.80. The number of aromatic nitrogens is 2. The van der Waals surface area contributed by atoms with Crippen molar-refractivity contribution in [3.05, 3.63) is 84.4 Å². The number of rotatable bonds is 5. The van der Waals surface area contributed by atoms with Crippen molar-refractivity contribution in [2.24, 2.45) is 5.41 Å². The fraction of sp³-hybridized carbons (Fsp3) is 0.154. The first-order chi connectivity index (χ1) is 15.8. The molecule has 1 heterocycles. The highest BCUT2D eigenvalue weighted by molar-refractivity contribution is 6.05. The molecule has 0 saturated heterocycles. The number of nitrogens with zero attached hydrogens (tertiary/aromatic N) is 2. The quantitative estimate of drug-likeness (QED) is 0.418. The van der Waals surface area contributed by atoms with Gasteiger partial charge in [-0.15, -0.1) is 10.2 Å². The Morgan fingerprint density at radius 1 is 0.727 bits per heavy atom. The van der Waals surface area contributed by atoms with Crippen molar-refractivity contribution in [3.63, 3.8) is 0 Å². The standard InChI is InChI=1S/C26H24N4O3/c1-26(2,3)25(32)28-20-14-12-17(13-15-20)22(31)27-21-11-7-10-19(16-21)24-30-29-23(33-24)18-8-5-4-6-9-18/h4-16H,1-3H3,(H,27,31)(H,28,32). The lowest BCUT2D eigenvalue weighted by molar-refractivity contribution is -0.123. The molecule has 7 nitrogen and oxygen atoms in total. The zero-order valence-electron chi connectivity index (χ0n) is 18.6. The molecule has 33 heavy (non-hydrogen) atoms. The minimum Gasteiger partial charge on any atom is -0.416 e. The van der Waals surface area contributed by atoms with E-state index < -0.39 is 5.41 Å². The predicted octanol–water partition coefficient (Wildman–Crippen LogP) is 5.64. The van der Waals surface area contributed by atoms with Gasteiger partial charge in [-0.2, -0.15) is 0 Å². The van der Waals surface area contributed by atoms with E-state index in [-0.39, 0.29) is 11.8 Å². The summed E-state index contributed by atoms with van der Waals surface area (Å²) >= 11 is 0. The first-order valence-electron chi connectivity index (χ1n) is 10.5. The van der Waals surface area contributed by atoms with Crippen molar-refractivity contribution in [1.82, 2.24) is 10.2 Å². The average molecular weight is 441 g/mol. The van der Waals surface area contributed by atoms with E-state index in [1.165, 1.54) is 0 Å². The second-order valence-electron chi connectivity index (χ2n) is 8.59. The summed E-state index contributed by atoms with van der Waals surface area (Å²) in [7, 11) is 0. The summed E-state index contributed by atoms with van der Waals surface area (Å²) in [5.74, 6) is 0.437. The summed E-state index contributed by atoms with van der Waals surface area (Å²) in [6, 6.07) is 23.5. The molecule has 0 aliphatic carbocycles. The summed E-state index contributed by atoms with van der Waals surface area (Å²) in [5.41, 5.74) is 2.74. The van der Waals surface area contributed by atoms with Crippen LogP contribution in [0.25, 0.3) is 22.9 Å². The molecule has 0 aliphatic rings. The van der Waals surface area contributed by atoms with Gasteiger partial charge < -0.3 is 15.1 Å². The molecule has 3 aromatic carbocycles. The van der Waals surface area contributed by atoms with Crippen LogP contribution in [0.2, 0.25) is 0 Å². The van der Waals surface area contributed by atoms with Crippen LogP contribution < -0.4 is 10.6 Å². The molecule has 0 spiro atoms. The number of anilines is 2. The first-order valence-corrected chi connectivity index (χ1v) is 10.5. The minimum atomic E-state index is -0.499. The topological polar surface area (TPSA) is 97.1 Å². The molecule has 4 aromatic rings. The summed E-state index contributed by atoms with van der Waals surface area (Å²) in [6.07, 6.45) is 0. The van der Waals surface area contributed by atoms with E-state index >= 15 is 0 Å². The number of benzene rings is 3. The molecule has 7 heteroatoms. The van der Waals surface area contributed by atoms with Gasteiger partial charge in [0.25, 0.3) is 5.91 Å². The highest BCUT2D eigenvalue weighted by Gasteiger charge is 2.21. The number of hydrogen-bond donors (Lipinski definition) is 2. The Hall–Kier alpha value is -4.26. The minimum absolute atomic E-state index is 0.0898. The maximum Gasteiger partial charge on any atom is 0.255 e. The van der Waals surface area contributed by atoms with Gasteiger partial charge in [0, 0.05) is 33.5 Å². The van der Waals surface area contributed by atoms with Crippen molar-refractivity contribution in [2.45, 2.75) is 20.8 Å². The van der Waals surface area contributed by atoms with Gasteiger partial charge in [-0.3, -0.25) is 9.59 Å². The van der Waals surface area contributed by atoms with Crippen LogP contribution in [0.3, 0.4) is 0 Å². The lowest BCUT2D eigenvalue weighted by Gasteiger charge is -2.17. The molecular formula is C26H24N4O3. The molecule has 2 amide bonds. The van der Waals surface area contributed by atoms with Gasteiger partial charge in [0.2, 0.25) is 17.7 Å². The number of nitrogens with one attached hydrogen (secondary N) is 2. The van der Waals surface area contributed by atoms with Gasteiger partial charge in [0.05, 0.1) is 0 Å². The SMILES string of the molecule is CC(C)(C)C(=O)Nc1ccc(C(=O)Nc2cccc(-c3nnc(-c4ccccc4)o3)c2)cc1. The van der Waals surface area contributed by atoms with Crippen LogP contribution in [0.1, 0.15) is 31.1 Å². The Bertz CT molecular complexity index is 1270. The highest BCUT2D eigenvalue weighted by atomic mass is 16.4. The zero-order chi connectivity index (χ0) is 23.4. The fourth-order valence-electron chi connectivity index (χ4n) is 2.99. The molecule has 4 rings (SSSR count). The molecule has 2 N–H and O–H groups in total. The largest absolute Gasteiger partial charge is 0.416 e. The molecule has 0 atom stereocenters. The lowest BCUT2D eigenvalue weighted by Crippen LogP contribution is -2.27. The van der Waals surface area contributed by atoms with Gasteiger partial charge in [-0.25, -0.2) is 0 Å². The van der Waals surface area contributed by atoms with Crippen molar-refractivity contribution in [3.8, 4) is 22.9 Å². The Kier molecular flexibility index (Phi) is 6.04. The van der Waals surface area contributed by atoms with Crippen LogP contribution in [0.4, 0.5) is 11.4 Å². The van der Waals surface area contributed by atoms with Crippen molar-refractivity contribution >= 4 is 23.2 Å². The molecule has 0 unspecified atom stereocenters. The van der Waals surface area contributed by atoms with E-state index in [0.29, 0.717) is 34.3 Å². The van der Waals surface area contributed by atoms with E-state index in [1.807, 2.05) is 63.2 Å². The Morgan fingerprint density at radius 2 is 1.36 bits per heavy atom. The van der Waals surface area contributed by atoms with E-state index in [2.05, 4.69) is 20.8 Å². The van der Waals surface area contributed by atoms with Crippen molar-refractivity contribution in [1.29, 1.82) is 0 Å². The number of hydrogen-bond acceptors (Lipinski definition) is 5. The highest BCUT2D eigenvalue weighted by Crippen LogP contribution is 2.26. The molecule has 0 radical (unpaired) electrons. The summed E-state index contributed by atoms with van der Waals surface area (Å²) in [5, 5.41) is 14.0. The third kappa shape index (κ3) is 5.33.